The Morgan fingerprint density at radius 1 is 1.40 bits per heavy atom. The molecule has 15 heavy (non-hydrogen) atoms. The van der Waals surface area contributed by atoms with Crippen molar-refractivity contribution in [1.29, 1.82) is 0 Å². The first kappa shape index (κ1) is 12.8. The van der Waals surface area contributed by atoms with Crippen LogP contribution in [0.4, 0.5) is 0 Å². The Hall–Kier alpha value is -0.240. The lowest BCUT2D eigenvalue weighted by atomic mass is 9.82. The highest BCUT2D eigenvalue weighted by atomic mass is 35.5. The molecule has 1 aliphatic heterocycles. The van der Waals surface area contributed by atoms with Crippen LogP contribution in [-0.4, -0.2) is 29.8 Å². The van der Waals surface area contributed by atoms with Crippen molar-refractivity contribution in [2.45, 2.75) is 46.0 Å². The number of nitrogens with zero attached hydrogens (tertiary/aromatic N) is 1. The van der Waals surface area contributed by atoms with Crippen LogP contribution in [0, 0.1) is 5.41 Å². The number of carbonyl (C=O) groups excluding carboxylic acids is 1. The second-order valence-corrected chi connectivity index (χ2v) is 4.94. The molecule has 3 heteroatoms. The van der Waals surface area contributed by atoms with Crippen molar-refractivity contribution < 1.29 is 4.79 Å². The van der Waals surface area contributed by atoms with E-state index in [2.05, 4.69) is 13.8 Å². The summed E-state index contributed by atoms with van der Waals surface area (Å²) in [7, 11) is 0. The first-order chi connectivity index (χ1) is 7.17. The second kappa shape index (κ2) is 5.74. The second-order valence-electron chi connectivity index (χ2n) is 4.56. The zero-order chi connectivity index (χ0) is 11.3. The summed E-state index contributed by atoms with van der Waals surface area (Å²) in [6.45, 7) is 6.37. The normalized spacial score (nSPS) is 19.5. The van der Waals surface area contributed by atoms with E-state index in [9.17, 15) is 4.79 Å². The lowest BCUT2D eigenvalue weighted by molar-refractivity contribution is -0.130. The van der Waals surface area contributed by atoms with E-state index in [1.165, 1.54) is 19.3 Å². The molecular weight excluding hydrogens is 210 g/mol. The molecule has 88 valence electrons. The van der Waals surface area contributed by atoms with Gasteiger partial charge in [0.15, 0.2) is 0 Å². The molecule has 1 fully saturated rings. The average Bonchev–Trinajstić information content (AvgIpc) is 2.71. The molecule has 0 unspecified atom stereocenters. The zero-order valence-electron chi connectivity index (χ0n) is 9.89. The van der Waals surface area contributed by atoms with E-state index in [0.717, 1.165) is 19.5 Å². The molecule has 1 heterocycles. The SMILES string of the molecule is CCC1(CC)CCN(C(=O)CCCCl)C1. The Morgan fingerprint density at radius 2 is 2.07 bits per heavy atom. The molecule has 0 N–H and O–H groups in total. The summed E-state index contributed by atoms with van der Waals surface area (Å²) in [6, 6.07) is 0. The molecule has 1 rings (SSSR count). The number of halogens is 1. The van der Waals surface area contributed by atoms with Crippen molar-refractivity contribution in [3.05, 3.63) is 0 Å². The summed E-state index contributed by atoms with van der Waals surface area (Å²) in [5.41, 5.74) is 0.399. The van der Waals surface area contributed by atoms with Crippen molar-refractivity contribution in [2.75, 3.05) is 19.0 Å². The van der Waals surface area contributed by atoms with Crippen LogP contribution >= 0.6 is 11.6 Å². The van der Waals surface area contributed by atoms with Gasteiger partial charge in [0.1, 0.15) is 0 Å². The molecule has 1 aliphatic rings. The molecule has 0 aromatic heterocycles. The third-order valence-corrected chi connectivity index (χ3v) is 4.08. The number of hydrogen-bond donors (Lipinski definition) is 0. The highest BCUT2D eigenvalue weighted by Gasteiger charge is 2.36. The summed E-state index contributed by atoms with van der Waals surface area (Å²) >= 11 is 5.59. The summed E-state index contributed by atoms with van der Waals surface area (Å²) in [6.07, 6.45) is 4.97. The predicted molar refractivity (Wildman–Crippen MR) is 64.2 cm³/mol. The number of carbonyl (C=O) groups is 1. The fourth-order valence-electron chi connectivity index (χ4n) is 2.35. The first-order valence-corrected chi connectivity index (χ1v) is 6.54. The van der Waals surface area contributed by atoms with E-state index in [1.54, 1.807) is 0 Å². The van der Waals surface area contributed by atoms with Crippen LogP contribution in [0.2, 0.25) is 0 Å². The van der Waals surface area contributed by atoms with Crippen LogP contribution in [-0.2, 0) is 4.79 Å². The van der Waals surface area contributed by atoms with Crippen LogP contribution in [0.5, 0.6) is 0 Å². The van der Waals surface area contributed by atoms with Gasteiger partial charge in [-0.3, -0.25) is 4.79 Å². The van der Waals surface area contributed by atoms with Gasteiger partial charge in [-0.05, 0) is 31.1 Å². The number of rotatable bonds is 5. The molecule has 0 radical (unpaired) electrons. The number of alkyl halides is 1. The van der Waals surface area contributed by atoms with Gasteiger partial charge in [0, 0.05) is 25.4 Å². The fraction of sp³-hybridized carbons (Fsp3) is 0.917. The van der Waals surface area contributed by atoms with E-state index in [4.69, 9.17) is 11.6 Å². The quantitative estimate of drug-likeness (QED) is 0.666. The van der Waals surface area contributed by atoms with Gasteiger partial charge < -0.3 is 4.90 Å². The summed E-state index contributed by atoms with van der Waals surface area (Å²) in [5.74, 6) is 0.881. The van der Waals surface area contributed by atoms with Gasteiger partial charge in [-0.15, -0.1) is 11.6 Å². The van der Waals surface area contributed by atoms with Gasteiger partial charge in [0.2, 0.25) is 5.91 Å². The minimum Gasteiger partial charge on any atom is -0.342 e. The molecule has 0 bridgehead atoms. The van der Waals surface area contributed by atoms with Crippen LogP contribution in [0.1, 0.15) is 46.0 Å². The van der Waals surface area contributed by atoms with Crippen molar-refractivity contribution in [3.8, 4) is 0 Å². The Balaban J connectivity index is 2.44. The van der Waals surface area contributed by atoms with Crippen molar-refractivity contribution >= 4 is 17.5 Å². The topological polar surface area (TPSA) is 20.3 Å². The molecule has 0 saturated carbocycles. The summed E-state index contributed by atoms with van der Waals surface area (Å²) in [5, 5.41) is 0. The van der Waals surface area contributed by atoms with Gasteiger partial charge in [-0.25, -0.2) is 0 Å². The molecule has 1 saturated heterocycles. The monoisotopic (exact) mass is 231 g/mol. The van der Waals surface area contributed by atoms with Crippen LogP contribution in [0.15, 0.2) is 0 Å². The van der Waals surface area contributed by atoms with Gasteiger partial charge in [0.05, 0.1) is 0 Å². The number of hydrogen-bond acceptors (Lipinski definition) is 1. The van der Waals surface area contributed by atoms with Gasteiger partial charge in [0.25, 0.3) is 0 Å². The third kappa shape index (κ3) is 3.10. The predicted octanol–water partition coefficient (Wildman–Crippen LogP) is 3.04. The van der Waals surface area contributed by atoms with Gasteiger partial charge in [-0.1, -0.05) is 13.8 Å². The van der Waals surface area contributed by atoms with Crippen molar-refractivity contribution in [1.82, 2.24) is 4.90 Å². The Labute approximate surface area is 98.0 Å². The largest absolute Gasteiger partial charge is 0.342 e. The Kier molecular flexibility index (Phi) is 4.91. The third-order valence-electron chi connectivity index (χ3n) is 3.82. The molecular formula is C12H22ClNO. The van der Waals surface area contributed by atoms with E-state index < -0.39 is 0 Å². The Bertz CT molecular complexity index is 214. The number of likely N-dealkylation sites (tertiary alicyclic amines) is 1. The maximum absolute atomic E-state index is 11.8. The highest BCUT2D eigenvalue weighted by molar-refractivity contribution is 6.17. The maximum atomic E-state index is 11.8. The standard InChI is InChI=1S/C12H22ClNO/c1-3-12(4-2)7-9-14(10-12)11(15)6-5-8-13/h3-10H2,1-2H3. The average molecular weight is 232 g/mol. The van der Waals surface area contributed by atoms with E-state index in [1.807, 2.05) is 4.90 Å². The smallest absolute Gasteiger partial charge is 0.222 e. The molecule has 0 spiro atoms. The van der Waals surface area contributed by atoms with Crippen LogP contribution in [0.25, 0.3) is 0 Å². The van der Waals surface area contributed by atoms with Gasteiger partial charge >= 0.3 is 0 Å². The first-order valence-electron chi connectivity index (χ1n) is 6.01. The summed E-state index contributed by atoms with van der Waals surface area (Å²) < 4.78 is 0. The minimum absolute atomic E-state index is 0.291. The fourth-order valence-corrected chi connectivity index (χ4v) is 2.48. The van der Waals surface area contributed by atoms with Crippen LogP contribution < -0.4 is 0 Å². The molecule has 0 aromatic carbocycles. The lowest BCUT2D eigenvalue weighted by Crippen LogP contribution is -2.31. The molecule has 1 amide bonds. The van der Waals surface area contributed by atoms with Gasteiger partial charge in [-0.2, -0.15) is 0 Å². The van der Waals surface area contributed by atoms with Crippen LogP contribution in [0.3, 0.4) is 0 Å². The summed E-state index contributed by atoms with van der Waals surface area (Å²) in [4.78, 5) is 13.8. The van der Waals surface area contributed by atoms with Crippen molar-refractivity contribution in [3.63, 3.8) is 0 Å². The van der Waals surface area contributed by atoms with E-state index in [-0.39, 0.29) is 0 Å². The minimum atomic E-state index is 0.291. The zero-order valence-corrected chi connectivity index (χ0v) is 10.6. The Morgan fingerprint density at radius 3 is 2.53 bits per heavy atom. The molecule has 0 aromatic rings. The molecule has 0 aliphatic carbocycles. The van der Waals surface area contributed by atoms with E-state index >= 15 is 0 Å². The maximum Gasteiger partial charge on any atom is 0.222 e. The molecule has 0 atom stereocenters. The highest BCUT2D eigenvalue weighted by Crippen LogP contribution is 2.37. The van der Waals surface area contributed by atoms with Crippen molar-refractivity contribution in [2.24, 2.45) is 5.41 Å². The molecule has 2 nitrogen and oxygen atoms in total. The lowest BCUT2D eigenvalue weighted by Gasteiger charge is -2.26. The number of amides is 1. The van der Waals surface area contributed by atoms with E-state index in [0.29, 0.717) is 23.6 Å².